The van der Waals surface area contributed by atoms with Crippen LogP contribution in [-0.2, 0) is 9.59 Å². The van der Waals surface area contributed by atoms with Gasteiger partial charge in [0.25, 0.3) is 0 Å². The molecular formula is C22H33N5O2. The first-order chi connectivity index (χ1) is 14.2. The Kier molecular flexibility index (Phi) is 7.90. The van der Waals surface area contributed by atoms with Crippen molar-refractivity contribution in [2.45, 2.75) is 50.9 Å². The van der Waals surface area contributed by atoms with Crippen LogP contribution in [0.15, 0.2) is 29.3 Å². The lowest BCUT2D eigenvalue weighted by atomic mass is 9.87. The molecule has 0 aromatic heterocycles. The Morgan fingerprint density at radius 3 is 2.66 bits per heavy atom. The highest BCUT2D eigenvalue weighted by Gasteiger charge is 2.24. The van der Waals surface area contributed by atoms with Gasteiger partial charge in [0.1, 0.15) is 0 Å². The molecule has 1 heterocycles. The number of carbonyl (C=O) groups excluding carboxylic acids is 2. The fourth-order valence-electron chi connectivity index (χ4n) is 4.23. The third-order valence-electron chi connectivity index (χ3n) is 5.78. The zero-order valence-corrected chi connectivity index (χ0v) is 17.3. The van der Waals surface area contributed by atoms with Crippen molar-refractivity contribution in [3.63, 3.8) is 0 Å². The van der Waals surface area contributed by atoms with Crippen LogP contribution in [-0.4, -0.2) is 44.5 Å². The lowest BCUT2D eigenvalue weighted by Crippen LogP contribution is -2.43. The fourth-order valence-corrected chi connectivity index (χ4v) is 4.23. The normalized spacial score (nSPS) is 19.8. The Labute approximate surface area is 173 Å². The van der Waals surface area contributed by atoms with Gasteiger partial charge in [-0.25, -0.2) is 0 Å². The lowest BCUT2D eigenvalue weighted by Gasteiger charge is -2.26. The maximum absolute atomic E-state index is 12.1. The maximum atomic E-state index is 12.1. The van der Waals surface area contributed by atoms with E-state index in [-0.39, 0.29) is 17.7 Å². The summed E-state index contributed by atoms with van der Waals surface area (Å²) in [5.74, 6) is 1.52. The van der Waals surface area contributed by atoms with Gasteiger partial charge in [-0.2, -0.15) is 0 Å². The van der Waals surface area contributed by atoms with Gasteiger partial charge < -0.3 is 21.3 Å². The van der Waals surface area contributed by atoms with E-state index >= 15 is 0 Å². The number of carbonyl (C=O) groups is 2. The molecule has 0 saturated heterocycles. The van der Waals surface area contributed by atoms with Gasteiger partial charge in [-0.15, -0.1) is 0 Å². The second kappa shape index (κ2) is 10.8. The first-order valence-electron chi connectivity index (χ1n) is 10.8. The molecular weight excluding hydrogens is 366 g/mol. The number of nitrogens with zero attached hydrogens (tertiary/aromatic N) is 1. The SMILES string of the molecule is CN=C(NCCNC(=O)CC1CCCCC1)NCC1CC(=O)Nc2ccccc21. The van der Waals surface area contributed by atoms with Gasteiger partial charge in [0.15, 0.2) is 5.96 Å². The first kappa shape index (κ1) is 21.1. The highest BCUT2D eigenvalue weighted by atomic mass is 16.2. The zero-order valence-electron chi connectivity index (χ0n) is 17.3. The number of nitrogens with one attached hydrogen (secondary N) is 4. The number of rotatable bonds is 7. The van der Waals surface area contributed by atoms with E-state index in [1.165, 1.54) is 32.1 Å². The molecule has 1 aromatic rings. The van der Waals surface area contributed by atoms with E-state index in [1.807, 2.05) is 18.2 Å². The van der Waals surface area contributed by atoms with Crippen molar-refractivity contribution in [2.75, 3.05) is 32.0 Å². The molecule has 1 fully saturated rings. The van der Waals surface area contributed by atoms with Crippen LogP contribution in [0.1, 0.15) is 56.4 Å². The van der Waals surface area contributed by atoms with Crippen LogP contribution in [0.3, 0.4) is 0 Å². The summed E-state index contributed by atoms with van der Waals surface area (Å²) in [6.07, 6.45) is 7.30. The van der Waals surface area contributed by atoms with E-state index in [9.17, 15) is 9.59 Å². The molecule has 158 valence electrons. The van der Waals surface area contributed by atoms with E-state index in [0.29, 0.717) is 44.4 Å². The topological polar surface area (TPSA) is 94.6 Å². The third-order valence-corrected chi connectivity index (χ3v) is 5.78. The van der Waals surface area contributed by atoms with Gasteiger partial charge in [0.05, 0.1) is 0 Å². The number of anilines is 1. The fraction of sp³-hybridized carbons (Fsp3) is 0.591. The number of hydrogen-bond donors (Lipinski definition) is 4. The average Bonchev–Trinajstić information content (AvgIpc) is 2.73. The highest BCUT2D eigenvalue weighted by molar-refractivity contribution is 5.94. The zero-order chi connectivity index (χ0) is 20.5. The van der Waals surface area contributed by atoms with Crippen LogP contribution >= 0.6 is 0 Å². The molecule has 0 radical (unpaired) electrons. The smallest absolute Gasteiger partial charge is 0.225 e. The predicted octanol–water partition coefficient (Wildman–Crippen LogP) is 2.36. The summed E-state index contributed by atoms with van der Waals surface area (Å²) in [6, 6.07) is 7.91. The van der Waals surface area contributed by atoms with Gasteiger partial charge in [-0.3, -0.25) is 14.6 Å². The summed E-state index contributed by atoms with van der Waals surface area (Å²) in [6.45, 7) is 1.80. The van der Waals surface area contributed by atoms with Gasteiger partial charge in [0, 0.05) is 51.1 Å². The molecule has 2 amide bonds. The van der Waals surface area contributed by atoms with Crippen molar-refractivity contribution in [2.24, 2.45) is 10.9 Å². The van der Waals surface area contributed by atoms with Crippen molar-refractivity contribution >= 4 is 23.5 Å². The molecule has 4 N–H and O–H groups in total. The van der Waals surface area contributed by atoms with Crippen LogP contribution in [0.5, 0.6) is 0 Å². The molecule has 1 atom stereocenters. The summed E-state index contributed by atoms with van der Waals surface area (Å²) in [7, 11) is 1.72. The van der Waals surface area contributed by atoms with E-state index in [4.69, 9.17) is 0 Å². The van der Waals surface area contributed by atoms with Gasteiger partial charge in [-0.1, -0.05) is 37.5 Å². The first-order valence-corrected chi connectivity index (χ1v) is 10.8. The number of amides is 2. The molecule has 1 aliphatic heterocycles. The summed E-state index contributed by atoms with van der Waals surface area (Å²) in [4.78, 5) is 28.3. The second-order valence-electron chi connectivity index (χ2n) is 7.97. The minimum Gasteiger partial charge on any atom is -0.356 e. The number of benzene rings is 1. The molecule has 1 saturated carbocycles. The average molecular weight is 400 g/mol. The van der Waals surface area contributed by atoms with E-state index in [0.717, 1.165) is 11.3 Å². The largest absolute Gasteiger partial charge is 0.356 e. The molecule has 1 aromatic carbocycles. The van der Waals surface area contributed by atoms with Crippen molar-refractivity contribution in [3.05, 3.63) is 29.8 Å². The number of guanidine groups is 1. The molecule has 0 bridgehead atoms. The Hall–Kier alpha value is -2.57. The molecule has 0 spiro atoms. The van der Waals surface area contributed by atoms with Crippen LogP contribution in [0, 0.1) is 5.92 Å². The Balaban J connectivity index is 1.37. The number of fused-ring (bicyclic) bond motifs is 1. The van der Waals surface area contributed by atoms with Gasteiger partial charge in [-0.05, 0) is 30.4 Å². The molecule has 7 nitrogen and oxygen atoms in total. The van der Waals surface area contributed by atoms with Crippen molar-refractivity contribution < 1.29 is 9.59 Å². The van der Waals surface area contributed by atoms with E-state index < -0.39 is 0 Å². The summed E-state index contributed by atoms with van der Waals surface area (Å²) in [5, 5.41) is 12.4. The lowest BCUT2D eigenvalue weighted by molar-refractivity contribution is -0.122. The Morgan fingerprint density at radius 1 is 1.10 bits per heavy atom. The third kappa shape index (κ3) is 6.48. The molecule has 1 unspecified atom stereocenters. The Bertz CT molecular complexity index is 728. The van der Waals surface area contributed by atoms with E-state index in [1.54, 1.807) is 7.05 Å². The number of hydrogen-bond acceptors (Lipinski definition) is 3. The maximum Gasteiger partial charge on any atom is 0.225 e. The van der Waals surface area contributed by atoms with Crippen LogP contribution in [0.25, 0.3) is 0 Å². The van der Waals surface area contributed by atoms with Crippen LogP contribution in [0.4, 0.5) is 5.69 Å². The summed E-state index contributed by atoms with van der Waals surface area (Å²) < 4.78 is 0. The van der Waals surface area contributed by atoms with Crippen molar-refractivity contribution in [1.82, 2.24) is 16.0 Å². The minimum absolute atomic E-state index is 0.0409. The van der Waals surface area contributed by atoms with Crippen LogP contribution in [0.2, 0.25) is 0 Å². The Morgan fingerprint density at radius 2 is 1.86 bits per heavy atom. The standard InChI is InChI=1S/C22H33N5O2/c1-23-22(25-12-11-24-20(28)13-16-7-3-2-4-8-16)26-15-17-14-21(29)27-19-10-6-5-9-18(17)19/h5-6,9-10,16-17H,2-4,7-8,11-15H2,1H3,(H,24,28)(H,27,29)(H2,23,25,26). The van der Waals surface area contributed by atoms with Gasteiger partial charge in [0.2, 0.25) is 11.8 Å². The van der Waals surface area contributed by atoms with Crippen molar-refractivity contribution in [1.29, 1.82) is 0 Å². The molecule has 3 rings (SSSR count). The van der Waals surface area contributed by atoms with Gasteiger partial charge >= 0.3 is 0 Å². The monoisotopic (exact) mass is 399 g/mol. The van der Waals surface area contributed by atoms with Crippen LogP contribution < -0.4 is 21.3 Å². The van der Waals surface area contributed by atoms with Crippen molar-refractivity contribution in [3.8, 4) is 0 Å². The summed E-state index contributed by atoms with van der Waals surface area (Å²) in [5.41, 5.74) is 2.03. The molecule has 1 aliphatic carbocycles. The quantitative estimate of drug-likeness (QED) is 0.322. The molecule has 7 heteroatoms. The summed E-state index contributed by atoms with van der Waals surface area (Å²) >= 11 is 0. The highest BCUT2D eigenvalue weighted by Crippen LogP contribution is 2.31. The minimum atomic E-state index is 0.0409. The molecule has 2 aliphatic rings. The second-order valence-corrected chi connectivity index (χ2v) is 7.97. The number of aliphatic imine (C=N–C) groups is 1. The molecule has 29 heavy (non-hydrogen) atoms. The van der Waals surface area contributed by atoms with E-state index in [2.05, 4.69) is 32.3 Å². The number of para-hydroxylation sites is 1. The predicted molar refractivity (Wildman–Crippen MR) is 116 cm³/mol.